The first-order chi connectivity index (χ1) is 8.47. The average Bonchev–Trinajstić information content (AvgIpc) is 2.79. The van der Waals surface area contributed by atoms with E-state index in [1.54, 1.807) is 0 Å². The summed E-state index contributed by atoms with van der Waals surface area (Å²) in [5, 5.41) is 2.85. The molecule has 1 saturated heterocycles. The molecule has 0 amide bonds. The van der Waals surface area contributed by atoms with Crippen molar-refractivity contribution in [3.63, 3.8) is 0 Å². The topological polar surface area (TPSA) is 60.2 Å². The molecule has 0 spiro atoms. The first kappa shape index (κ1) is 12.9. The van der Waals surface area contributed by atoms with Gasteiger partial charge in [0.2, 0.25) is 0 Å². The number of hydrogen-bond donors (Lipinski definition) is 2. The number of ether oxygens (including phenoxy) is 1. The summed E-state index contributed by atoms with van der Waals surface area (Å²) in [4.78, 5) is 3.55. The number of nitrogens with zero attached hydrogens (tertiary/aromatic N) is 1. The van der Waals surface area contributed by atoms with Crippen molar-refractivity contribution >= 4 is 11.5 Å². The van der Waals surface area contributed by atoms with Gasteiger partial charge in [-0.1, -0.05) is 0 Å². The molecule has 7 heteroatoms. The lowest BCUT2D eigenvalue weighted by Crippen LogP contribution is -2.19. The zero-order valence-corrected chi connectivity index (χ0v) is 9.63. The molecule has 4 nitrogen and oxygen atoms in total. The van der Waals surface area contributed by atoms with Crippen LogP contribution < -0.4 is 11.1 Å². The van der Waals surface area contributed by atoms with Crippen molar-refractivity contribution in [3.05, 3.63) is 17.8 Å². The molecule has 2 heterocycles. The third-order valence-corrected chi connectivity index (χ3v) is 2.79. The number of anilines is 2. The second-order valence-electron chi connectivity index (χ2n) is 4.17. The average molecular weight is 261 g/mol. The van der Waals surface area contributed by atoms with Crippen molar-refractivity contribution in [2.24, 2.45) is 0 Å². The molecule has 1 aromatic heterocycles. The first-order valence-electron chi connectivity index (χ1n) is 5.65. The third-order valence-electron chi connectivity index (χ3n) is 2.79. The predicted octanol–water partition coefficient (Wildman–Crippen LogP) is 2.27. The van der Waals surface area contributed by atoms with Gasteiger partial charge in [0.1, 0.15) is 5.82 Å². The fraction of sp³-hybridized carbons (Fsp3) is 0.545. The molecule has 0 saturated carbocycles. The van der Waals surface area contributed by atoms with E-state index >= 15 is 0 Å². The number of alkyl halides is 3. The van der Waals surface area contributed by atoms with Gasteiger partial charge in [0.15, 0.2) is 0 Å². The lowest BCUT2D eigenvalue weighted by Gasteiger charge is -2.14. The molecular weight excluding hydrogens is 247 g/mol. The van der Waals surface area contributed by atoms with Crippen LogP contribution >= 0.6 is 0 Å². The number of aromatic nitrogens is 1. The van der Waals surface area contributed by atoms with Gasteiger partial charge in [-0.3, -0.25) is 0 Å². The minimum Gasteiger partial charge on any atom is -0.382 e. The van der Waals surface area contributed by atoms with E-state index in [4.69, 9.17) is 10.5 Å². The van der Waals surface area contributed by atoms with Crippen molar-refractivity contribution in [1.82, 2.24) is 4.98 Å². The molecule has 1 aliphatic heterocycles. The molecule has 1 fully saturated rings. The van der Waals surface area contributed by atoms with E-state index in [9.17, 15) is 13.2 Å². The van der Waals surface area contributed by atoms with E-state index in [0.29, 0.717) is 13.2 Å². The predicted molar refractivity (Wildman–Crippen MR) is 61.1 cm³/mol. The Morgan fingerprint density at radius 2 is 2.28 bits per heavy atom. The molecule has 1 aliphatic rings. The highest BCUT2D eigenvalue weighted by molar-refractivity contribution is 5.62. The molecule has 1 aromatic rings. The Balaban J connectivity index is 2.06. The van der Waals surface area contributed by atoms with Crippen LogP contribution in [0, 0.1) is 0 Å². The van der Waals surface area contributed by atoms with Crippen LogP contribution in [0.15, 0.2) is 12.3 Å². The van der Waals surface area contributed by atoms with Crippen LogP contribution in [0.3, 0.4) is 0 Å². The second-order valence-corrected chi connectivity index (χ2v) is 4.17. The van der Waals surface area contributed by atoms with E-state index in [0.717, 1.165) is 25.1 Å². The fourth-order valence-electron chi connectivity index (χ4n) is 1.80. The van der Waals surface area contributed by atoms with Gasteiger partial charge in [0.05, 0.1) is 17.4 Å². The van der Waals surface area contributed by atoms with Crippen LogP contribution in [0.1, 0.15) is 18.4 Å². The Hall–Kier alpha value is -1.50. The van der Waals surface area contributed by atoms with Gasteiger partial charge >= 0.3 is 6.18 Å². The number of pyridine rings is 1. The van der Waals surface area contributed by atoms with Gasteiger partial charge in [0.25, 0.3) is 0 Å². The summed E-state index contributed by atoms with van der Waals surface area (Å²) >= 11 is 0. The second kappa shape index (κ2) is 5.01. The summed E-state index contributed by atoms with van der Waals surface area (Å²) in [6, 6.07) is 0.970. The van der Waals surface area contributed by atoms with E-state index in [1.165, 1.54) is 0 Å². The Morgan fingerprint density at radius 1 is 1.50 bits per heavy atom. The molecule has 1 unspecified atom stereocenters. The zero-order chi connectivity index (χ0) is 13.2. The summed E-state index contributed by atoms with van der Waals surface area (Å²) in [6.07, 6.45) is -1.78. The molecule has 0 aromatic carbocycles. The van der Waals surface area contributed by atoms with Gasteiger partial charge < -0.3 is 15.8 Å². The van der Waals surface area contributed by atoms with Crippen LogP contribution in [-0.2, 0) is 10.9 Å². The number of hydrogen-bond acceptors (Lipinski definition) is 4. The van der Waals surface area contributed by atoms with Crippen molar-refractivity contribution in [2.45, 2.75) is 25.1 Å². The number of nitrogens with two attached hydrogens (primary N) is 1. The highest BCUT2D eigenvalue weighted by Gasteiger charge is 2.31. The fourth-order valence-corrected chi connectivity index (χ4v) is 1.80. The summed E-state index contributed by atoms with van der Waals surface area (Å²) in [5.41, 5.74) is 4.92. The van der Waals surface area contributed by atoms with Crippen LogP contribution in [0.5, 0.6) is 0 Å². The lowest BCUT2D eigenvalue weighted by atomic mass is 10.2. The minimum absolute atomic E-state index is 0.0268. The summed E-state index contributed by atoms with van der Waals surface area (Å²) in [7, 11) is 0. The molecule has 18 heavy (non-hydrogen) atoms. The van der Waals surface area contributed by atoms with Gasteiger partial charge in [-0.25, -0.2) is 4.98 Å². The maximum absolute atomic E-state index is 12.5. The van der Waals surface area contributed by atoms with Gasteiger partial charge in [-0.15, -0.1) is 0 Å². The van der Waals surface area contributed by atoms with Gasteiger partial charge in [0, 0.05) is 19.3 Å². The number of nitrogen functional groups attached to an aromatic ring is 1. The highest BCUT2D eigenvalue weighted by Crippen LogP contribution is 2.31. The SMILES string of the molecule is Nc1ncc(C(F)(F)F)cc1NCC1CCCO1. The van der Waals surface area contributed by atoms with Crippen LogP contribution in [0.4, 0.5) is 24.7 Å². The zero-order valence-electron chi connectivity index (χ0n) is 9.63. The van der Waals surface area contributed by atoms with Crippen molar-refractivity contribution < 1.29 is 17.9 Å². The van der Waals surface area contributed by atoms with Gasteiger partial charge in [-0.2, -0.15) is 13.2 Å². The first-order valence-corrected chi connectivity index (χ1v) is 5.65. The normalized spacial score (nSPS) is 20.1. The number of nitrogens with one attached hydrogen (secondary N) is 1. The highest BCUT2D eigenvalue weighted by atomic mass is 19.4. The van der Waals surface area contributed by atoms with Crippen LogP contribution in [0.2, 0.25) is 0 Å². The molecule has 0 bridgehead atoms. The molecule has 1 atom stereocenters. The monoisotopic (exact) mass is 261 g/mol. The summed E-state index contributed by atoms with van der Waals surface area (Å²) in [5.74, 6) is 0.0565. The van der Waals surface area contributed by atoms with E-state index < -0.39 is 11.7 Å². The molecular formula is C11H14F3N3O. The summed E-state index contributed by atoms with van der Waals surface area (Å²) in [6.45, 7) is 1.13. The van der Waals surface area contributed by atoms with E-state index in [-0.39, 0.29) is 17.6 Å². The quantitative estimate of drug-likeness (QED) is 0.876. The van der Waals surface area contributed by atoms with Crippen molar-refractivity contribution in [3.8, 4) is 0 Å². The Kier molecular flexibility index (Phi) is 3.60. The van der Waals surface area contributed by atoms with E-state index in [1.807, 2.05) is 0 Å². The number of rotatable bonds is 3. The molecule has 0 aliphatic carbocycles. The number of halogens is 3. The van der Waals surface area contributed by atoms with Crippen LogP contribution in [0.25, 0.3) is 0 Å². The maximum Gasteiger partial charge on any atom is 0.417 e. The molecule has 2 rings (SSSR count). The van der Waals surface area contributed by atoms with Gasteiger partial charge in [-0.05, 0) is 18.9 Å². The van der Waals surface area contributed by atoms with Crippen molar-refractivity contribution in [1.29, 1.82) is 0 Å². The minimum atomic E-state index is -4.42. The smallest absolute Gasteiger partial charge is 0.382 e. The lowest BCUT2D eigenvalue weighted by molar-refractivity contribution is -0.137. The Morgan fingerprint density at radius 3 is 2.89 bits per heavy atom. The molecule has 100 valence electrons. The third kappa shape index (κ3) is 3.04. The largest absolute Gasteiger partial charge is 0.417 e. The van der Waals surface area contributed by atoms with Crippen molar-refractivity contribution in [2.75, 3.05) is 24.2 Å². The Labute approximate surface area is 102 Å². The van der Waals surface area contributed by atoms with Crippen LogP contribution in [-0.4, -0.2) is 24.2 Å². The standard InChI is InChI=1S/C11H14F3N3O/c12-11(13,14)7-4-9(10(15)17-5-7)16-6-8-2-1-3-18-8/h4-5,8,16H,1-3,6H2,(H2,15,17). The summed E-state index contributed by atoms with van der Waals surface area (Å²) < 4.78 is 42.9. The molecule has 0 radical (unpaired) electrons. The van der Waals surface area contributed by atoms with E-state index in [2.05, 4.69) is 10.3 Å². The molecule has 3 N–H and O–H groups in total. The Bertz CT molecular complexity index is 416. The maximum atomic E-state index is 12.5.